The highest BCUT2D eigenvalue weighted by Gasteiger charge is 2.31. The molecule has 0 N–H and O–H groups in total. The zero-order chi connectivity index (χ0) is 12.5. The van der Waals surface area contributed by atoms with E-state index >= 15 is 0 Å². The van der Waals surface area contributed by atoms with Crippen LogP contribution < -0.4 is 4.90 Å². The van der Waals surface area contributed by atoms with Crippen LogP contribution in [0.15, 0.2) is 24.7 Å². The van der Waals surface area contributed by atoms with Gasteiger partial charge in [-0.3, -0.25) is 4.79 Å². The van der Waals surface area contributed by atoms with Gasteiger partial charge in [0.2, 0.25) is 0 Å². The number of hydrogen-bond donors (Lipinski definition) is 0. The van der Waals surface area contributed by atoms with Crippen LogP contribution in [0.2, 0.25) is 0 Å². The van der Waals surface area contributed by atoms with Gasteiger partial charge in [0.1, 0.15) is 0 Å². The maximum atomic E-state index is 12.4. The van der Waals surface area contributed by atoms with E-state index in [0.29, 0.717) is 5.92 Å². The fraction of sp³-hybridized carbons (Fsp3) is 0.333. The van der Waals surface area contributed by atoms with Crippen molar-refractivity contribution in [3.63, 3.8) is 0 Å². The minimum Gasteiger partial charge on any atom is -0.310 e. The summed E-state index contributed by atoms with van der Waals surface area (Å²) in [6.45, 7) is 0. The molecule has 0 atom stereocenters. The Bertz CT molecular complexity index is 564. The predicted octanol–water partition coefficient (Wildman–Crippen LogP) is 2.09. The number of nitrogens with zero attached hydrogens (tertiary/aromatic N) is 4. The highest BCUT2D eigenvalue weighted by Crippen LogP contribution is 2.43. The van der Waals surface area contributed by atoms with Crippen molar-refractivity contribution in [2.45, 2.75) is 18.8 Å². The lowest BCUT2D eigenvalue weighted by Crippen LogP contribution is -2.26. The number of aromatic nitrogens is 3. The third-order valence-electron chi connectivity index (χ3n) is 3.04. The Morgan fingerprint density at radius 3 is 2.89 bits per heavy atom. The van der Waals surface area contributed by atoms with Crippen molar-refractivity contribution in [3.8, 4) is 0 Å². The van der Waals surface area contributed by atoms with Crippen LogP contribution in [0, 0.1) is 0 Å². The zero-order valence-corrected chi connectivity index (χ0v) is 10.7. The van der Waals surface area contributed by atoms with Gasteiger partial charge in [-0.15, -0.1) is 0 Å². The van der Waals surface area contributed by atoms with Crippen LogP contribution in [0.25, 0.3) is 0 Å². The summed E-state index contributed by atoms with van der Waals surface area (Å²) < 4.78 is 4.15. The highest BCUT2D eigenvalue weighted by molar-refractivity contribution is 7.06. The summed E-state index contributed by atoms with van der Waals surface area (Å²) in [5, 5.41) is 7.49. The van der Waals surface area contributed by atoms with Crippen molar-refractivity contribution in [2.75, 3.05) is 11.9 Å². The van der Waals surface area contributed by atoms with E-state index in [1.54, 1.807) is 36.6 Å². The van der Waals surface area contributed by atoms with Crippen molar-refractivity contribution in [3.05, 3.63) is 35.1 Å². The van der Waals surface area contributed by atoms with E-state index in [2.05, 4.69) is 14.6 Å². The molecule has 6 heteroatoms. The zero-order valence-electron chi connectivity index (χ0n) is 9.91. The molecule has 5 nitrogen and oxygen atoms in total. The molecule has 0 radical (unpaired) electrons. The van der Waals surface area contributed by atoms with Crippen LogP contribution in [-0.2, 0) is 0 Å². The molecule has 0 aromatic carbocycles. The summed E-state index contributed by atoms with van der Waals surface area (Å²) in [7, 11) is 1.74. The molecule has 0 aliphatic heterocycles. The summed E-state index contributed by atoms with van der Waals surface area (Å²) in [5.41, 5.74) is 1.46. The molecule has 1 aliphatic carbocycles. The number of rotatable bonds is 3. The molecular formula is C12H12N4OS. The quantitative estimate of drug-likeness (QED) is 0.847. The molecule has 2 aromatic rings. The monoisotopic (exact) mass is 260 g/mol. The summed E-state index contributed by atoms with van der Waals surface area (Å²) in [4.78, 5) is 15.1. The Morgan fingerprint density at radius 1 is 1.39 bits per heavy atom. The molecule has 92 valence electrons. The van der Waals surface area contributed by atoms with E-state index < -0.39 is 0 Å². The second-order valence-corrected chi connectivity index (χ2v) is 5.18. The van der Waals surface area contributed by atoms with Gasteiger partial charge in [0, 0.05) is 11.9 Å². The largest absolute Gasteiger partial charge is 0.310 e. The number of carbonyl (C=O) groups is 1. The molecule has 0 spiro atoms. The first-order valence-electron chi connectivity index (χ1n) is 5.76. The van der Waals surface area contributed by atoms with Crippen molar-refractivity contribution in [1.82, 2.24) is 14.6 Å². The molecule has 0 bridgehead atoms. The van der Waals surface area contributed by atoms with Gasteiger partial charge >= 0.3 is 0 Å². The fourth-order valence-electron chi connectivity index (χ4n) is 1.83. The van der Waals surface area contributed by atoms with Gasteiger partial charge in [-0.2, -0.15) is 10.2 Å². The highest BCUT2D eigenvalue weighted by atomic mass is 32.1. The lowest BCUT2D eigenvalue weighted by molar-refractivity contribution is 0.0992. The van der Waals surface area contributed by atoms with E-state index in [-0.39, 0.29) is 5.91 Å². The van der Waals surface area contributed by atoms with Crippen molar-refractivity contribution in [2.24, 2.45) is 0 Å². The SMILES string of the molecule is CN(C(=O)c1cnsc1C1CC1)c1ccnnc1. The second kappa shape index (κ2) is 4.45. The molecule has 0 saturated heterocycles. The van der Waals surface area contributed by atoms with Crippen LogP contribution in [0.4, 0.5) is 5.69 Å². The van der Waals surface area contributed by atoms with Crippen molar-refractivity contribution < 1.29 is 4.79 Å². The van der Waals surface area contributed by atoms with Crippen LogP contribution in [0.5, 0.6) is 0 Å². The number of anilines is 1. The van der Waals surface area contributed by atoms with Gasteiger partial charge in [-0.25, -0.2) is 4.37 Å². The predicted molar refractivity (Wildman–Crippen MR) is 68.9 cm³/mol. The average Bonchev–Trinajstić information content (AvgIpc) is 3.15. The van der Waals surface area contributed by atoms with Crippen molar-refractivity contribution in [1.29, 1.82) is 0 Å². The van der Waals surface area contributed by atoms with Crippen LogP contribution in [0.1, 0.15) is 34.0 Å². The summed E-state index contributed by atoms with van der Waals surface area (Å²) in [6, 6.07) is 1.77. The third kappa shape index (κ3) is 1.99. The molecule has 2 heterocycles. The smallest absolute Gasteiger partial charge is 0.260 e. The summed E-state index contributed by atoms with van der Waals surface area (Å²) in [6.07, 6.45) is 7.17. The molecule has 1 saturated carbocycles. The summed E-state index contributed by atoms with van der Waals surface area (Å²) >= 11 is 1.44. The second-order valence-electron chi connectivity index (χ2n) is 4.34. The Balaban J connectivity index is 1.88. The lowest BCUT2D eigenvalue weighted by Gasteiger charge is -2.16. The third-order valence-corrected chi connectivity index (χ3v) is 4.00. The van der Waals surface area contributed by atoms with Gasteiger partial charge < -0.3 is 4.90 Å². The maximum Gasteiger partial charge on any atom is 0.260 e. The number of carbonyl (C=O) groups excluding carboxylic acids is 1. The first-order chi connectivity index (χ1) is 8.77. The molecule has 3 rings (SSSR count). The molecule has 1 aliphatic rings. The Labute approximate surface area is 109 Å². The van der Waals surface area contributed by atoms with Crippen LogP contribution >= 0.6 is 11.5 Å². The number of amides is 1. The standard InChI is InChI=1S/C12H12N4OS/c1-16(9-4-5-13-14-6-9)12(17)10-7-15-18-11(10)8-2-3-8/h4-8H,2-3H2,1H3. The Kier molecular flexibility index (Phi) is 2.79. The molecule has 1 amide bonds. The Hall–Kier alpha value is -1.82. The molecular weight excluding hydrogens is 248 g/mol. The lowest BCUT2D eigenvalue weighted by atomic mass is 10.2. The maximum absolute atomic E-state index is 12.4. The van der Waals surface area contributed by atoms with E-state index in [1.807, 2.05) is 0 Å². The number of hydrogen-bond acceptors (Lipinski definition) is 5. The van der Waals surface area contributed by atoms with Gasteiger partial charge in [-0.1, -0.05) is 0 Å². The van der Waals surface area contributed by atoms with Crippen LogP contribution in [-0.4, -0.2) is 27.5 Å². The molecule has 2 aromatic heterocycles. The van der Waals surface area contributed by atoms with Gasteiger partial charge in [-0.05, 0) is 36.4 Å². The van der Waals surface area contributed by atoms with Gasteiger partial charge in [0.15, 0.2) is 0 Å². The summed E-state index contributed by atoms with van der Waals surface area (Å²) in [5.74, 6) is 0.513. The van der Waals surface area contributed by atoms with Gasteiger partial charge in [0.05, 0.1) is 29.8 Å². The van der Waals surface area contributed by atoms with E-state index in [0.717, 1.165) is 16.1 Å². The van der Waals surface area contributed by atoms with E-state index in [1.165, 1.54) is 24.4 Å². The minimum absolute atomic E-state index is 0.0290. The van der Waals surface area contributed by atoms with E-state index in [4.69, 9.17) is 0 Å². The van der Waals surface area contributed by atoms with Crippen molar-refractivity contribution >= 4 is 23.1 Å². The normalized spacial score (nSPS) is 14.5. The van der Waals surface area contributed by atoms with Crippen LogP contribution in [0.3, 0.4) is 0 Å². The topological polar surface area (TPSA) is 59.0 Å². The van der Waals surface area contributed by atoms with Gasteiger partial charge in [0.25, 0.3) is 5.91 Å². The Morgan fingerprint density at radius 2 is 2.22 bits per heavy atom. The molecule has 18 heavy (non-hydrogen) atoms. The fourth-order valence-corrected chi connectivity index (χ4v) is 2.72. The van der Waals surface area contributed by atoms with E-state index in [9.17, 15) is 4.79 Å². The first kappa shape index (κ1) is 11.3. The average molecular weight is 260 g/mol. The molecule has 1 fully saturated rings. The minimum atomic E-state index is -0.0290. The first-order valence-corrected chi connectivity index (χ1v) is 6.54. The molecule has 0 unspecified atom stereocenters.